The number of aromatic carboxylic acids is 1. The van der Waals surface area contributed by atoms with Crippen LogP contribution in [0.1, 0.15) is 26.4 Å². The Labute approximate surface area is 118 Å². The molecular formula is C13H9ClN2O4. The normalized spacial score (nSPS) is 10.1. The average molecular weight is 293 g/mol. The highest BCUT2D eigenvalue weighted by Crippen LogP contribution is 2.21. The smallest absolute Gasteiger partial charge is 0.335 e. The summed E-state index contributed by atoms with van der Waals surface area (Å²) in [6, 6.07) is 6.87. The van der Waals surface area contributed by atoms with Gasteiger partial charge in [-0.3, -0.25) is 15.5 Å². The SMILES string of the molecule is O=C(O)c1cccc(C(=O)c2ncc(Cl)cc2NO)c1. The van der Waals surface area contributed by atoms with Gasteiger partial charge in [0.05, 0.1) is 16.3 Å². The van der Waals surface area contributed by atoms with Gasteiger partial charge in [-0.25, -0.2) is 9.78 Å². The first-order valence-corrected chi connectivity index (χ1v) is 5.84. The highest BCUT2D eigenvalue weighted by atomic mass is 35.5. The molecule has 0 fully saturated rings. The zero-order chi connectivity index (χ0) is 14.7. The summed E-state index contributed by atoms with van der Waals surface area (Å²) in [6.45, 7) is 0. The predicted molar refractivity (Wildman–Crippen MR) is 71.5 cm³/mol. The Morgan fingerprint density at radius 1 is 1.20 bits per heavy atom. The number of pyridine rings is 1. The predicted octanol–water partition coefficient (Wildman–Crippen LogP) is 2.47. The Kier molecular flexibility index (Phi) is 3.97. The summed E-state index contributed by atoms with van der Waals surface area (Å²) >= 11 is 5.71. The van der Waals surface area contributed by atoms with Crippen LogP contribution < -0.4 is 5.48 Å². The molecule has 1 heterocycles. The fourth-order valence-electron chi connectivity index (χ4n) is 1.64. The first-order chi connectivity index (χ1) is 9.52. The number of benzene rings is 1. The zero-order valence-corrected chi connectivity index (χ0v) is 10.8. The molecule has 0 spiro atoms. The van der Waals surface area contributed by atoms with Crippen LogP contribution in [0, 0.1) is 0 Å². The number of halogens is 1. The molecule has 0 atom stereocenters. The minimum Gasteiger partial charge on any atom is -0.478 e. The van der Waals surface area contributed by atoms with Crippen LogP contribution in [0.5, 0.6) is 0 Å². The van der Waals surface area contributed by atoms with Crippen molar-refractivity contribution >= 4 is 29.0 Å². The van der Waals surface area contributed by atoms with Gasteiger partial charge in [0.25, 0.3) is 0 Å². The third-order valence-corrected chi connectivity index (χ3v) is 2.77. The highest BCUT2D eigenvalue weighted by Gasteiger charge is 2.17. The van der Waals surface area contributed by atoms with Gasteiger partial charge >= 0.3 is 5.97 Å². The molecule has 7 heteroatoms. The van der Waals surface area contributed by atoms with E-state index in [2.05, 4.69) is 4.98 Å². The van der Waals surface area contributed by atoms with Crippen molar-refractivity contribution in [3.05, 3.63) is 58.4 Å². The number of ketones is 1. The maximum Gasteiger partial charge on any atom is 0.335 e. The van der Waals surface area contributed by atoms with Crippen molar-refractivity contribution in [2.75, 3.05) is 5.48 Å². The largest absolute Gasteiger partial charge is 0.478 e. The fourth-order valence-corrected chi connectivity index (χ4v) is 1.79. The number of hydrogen-bond acceptors (Lipinski definition) is 5. The molecule has 0 saturated heterocycles. The first-order valence-electron chi connectivity index (χ1n) is 5.46. The monoisotopic (exact) mass is 292 g/mol. The lowest BCUT2D eigenvalue weighted by Gasteiger charge is -2.07. The Morgan fingerprint density at radius 3 is 2.55 bits per heavy atom. The van der Waals surface area contributed by atoms with Crippen molar-refractivity contribution in [1.82, 2.24) is 4.98 Å². The van der Waals surface area contributed by atoms with Crippen molar-refractivity contribution in [3.63, 3.8) is 0 Å². The van der Waals surface area contributed by atoms with E-state index in [1.165, 1.54) is 36.5 Å². The van der Waals surface area contributed by atoms with E-state index in [-0.39, 0.29) is 27.5 Å². The zero-order valence-electron chi connectivity index (χ0n) is 10.0. The number of rotatable bonds is 4. The summed E-state index contributed by atoms with van der Waals surface area (Å²) in [6.07, 6.45) is 1.26. The van der Waals surface area contributed by atoms with Crippen LogP contribution in [0.4, 0.5) is 5.69 Å². The third-order valence-electron chi connectivity index (χ3n) is 2.56. The van der Waals surface area contributed by atoms with E-state index in [9.17, 15) is 9.59 Å². The Hall–Kier alpha value is -2.44. The van der Waals surface area contributed by atoms with Crippen LogP contribution in [0.15, 0.2) is 36.5 Å². The minimum absolute atomic E-state index is 0.0108. The molecule has 20 heavy (non-hydrogen) atoms. The van der Waals surface area contributed by atoms with Gasteiger partial charge in [0.1, 0.15) is 5.69 Å². The number of carboxylic acids is 1. The van der Waals surface area contributed by atoms with E-state index < -0.39 is 11.8 Å². The average Bonchev–Trinajstić information content (AvgIpc) is 2.46. The molecule has 0 aliphatic rings. The summed E-state index contributed by atoms with van der Waals surface area (Å²) in [5.74, 6) is -1.66. The maximum atomic E-state index is 12.3. The fraction of sp³-hybridized carbons (Fsp3) is 0. The summed E-state index contributed by atoms with van der Waals surface area (Å²) in [5.41, 5.74) is 1.97. The van der Waals surface area contributed by atoms with Crippen LogP contribution in [-0.2, 0) is 0 Å². The number of aromatic nitrogens is 1. The van der Waals surface area contributed by atoms with E-state index >= 15 is 0 Å². The lowest BCUT2D eigenvalue weighted by Crippen LogP contribution is -2.09. The van der Waals surface area contributed by atoms with Crippen LogP contribution in [0.2, 0.25) is 5.02 Å². The molecule has 0 amide bonds. The number of nitrogens with one attached hydrogen (secondary N) is 1. The number of carbonyl (C=O) groups is 2. The summed E-state index contributed by atoms with van der Waals surface area (Å²) in [7, 11) is 0. The van der Waals surface area contributed by atoms with Gasteiger partial charge in [0.15, 0.2) is 0 Å². The van der Waals surface area contributed by atoms with E-state index in [4.69, 9.17) is 21.9 Å². The number of hydrogen-bond donors (Lipinski definition) is 3. The second-order valence-corrected chi connectivity index (χ2v) is 4.31. The number of carboxylic acid groups (broad SMARTS) is 1. The molecule has 0 saturated carbocycles. The van der Waals surface area contributed by atoms with Crippen LogP contribution >= 0.6 is 11.6 Å². The van der Waals surface area contributed by atoms with Crippen molar-refractivity contribution in [1.29, 1.82) is 0 Å². The van der Waals surface area contributed by atoms with Gasteiger partial charge in [-0.05, 0) is 18.2 Å². The molecular weight excluding hydrogens is 284 g/mol. The third kappa shape index (κ3) is 2.76. The van der Waals surface area contributed by atoms with E-state index in [0.717, 1.165) is 0 Å². The van der Waals surface area contributed by atoms with Crippen LogP contribution in [0.3, 0.4) is 0 Å². The standard InChI is InChI=1S/C13H9ClN2O4/c14-9-5-10(16-20)11(15-6-9)12(17)7-2-1-3-8(4-7)13(18)19/h1-6,16,20H,(H,18,19). The van der Waals surface area contributed by atoms with Crippen molar-refractivity contribution < 1.29 is 19.9 Å². The second kappa shape index (κ2) is 5.68. The van der Waals surface area contributed by atoms with Gasteiger partial charge in [-0.15, -0.1) is 0 Å². The van der Waals surface area contributed by atoms with Gasteiger partial charge in [0.2, 0.25) is 5.78 Å². The van der Waals surface area contributed by atoms with Gasteiger partial charge in [-0.2, -0.15) is 0 Å². The summed E-state index contributed by atoms with van der Waals surface area (Å²) < 4.78 is 0. The molecule has 6 nitrogen and oxygen atoms in total. The van der Waals surface area contributed by atoms with Crippen molar-refractivity contribution in [3.8, 4) is 0 Å². The quantitative estimate of drug-likeness (QED) is 0.591. The molecule has 2 aromatic rings. The van der Waals surface area contributed by atoms with Gasteiger partial charge < -0.3 is 5.11 Å². The molecule has 1 aromatic heterocycles. The lowest BCUT2D eigenvalue weighted by molar-refractivity contribution is 0.0697. The lowest BCUT2D eigenvalue weighted by atomic mass is 10.0. The first kappa shape index (κ1) is 14.0. The molecule has 102 valence electrons. The summed E-state index contributed by atoms with van der Waals surface area (Å²) in [5, 5.41) is 18.1. The topological polar surface area (TPSA) is 99.5 Å². The highest BCUT2D eigenvalue weighted by molar-refractivity contribution is 6.31. The molecule has 2 rings (SSSR count). The molecule has 3 N–H and O–H groups in total. The molecule has 0 bridgehead atoms. The second-order valence-electron chi connectivity index (χ2n) is 3.88. The van der Waals surface area contributed by atoms with Crippen molar-refractivity contribution in [2.45, 2.75) is 0 Å². The Bertz CT molecular complexity index is 688. The maximum absolute atomic E-state index is 12.3. The Balaban J connectivity index is 2.46. The van der Waals surface area contributed by atoms with Gasteiger partial charge in [0, 0.05) is 11.8 Å². The molecule has 1 aromatic carbocycles. The number of anilines is 1. The van der Waals surface area contributed by atoms with Crippen LogP contribution in [-0.4, -0.2) is 27.1 Å². The molecule has 0 unspecified atom stereocenters. The minimum atomic E-state index is -1.13. The Morgan fingerprint density at radius 2 is 1.90 bits per heavy atom. The molecule has 0 radical (unpaired) electrons. The molecule has 0 aliphatic carbocycles. The van der Waals surface area contributed by atoms with Gasteiger partial charge in [-0.1, -0.05) is 23.7 Å². The van der Waals surface area contributed by atoms with Crippen molar-refractivity contribution in [2.24, 2.45) is 0 Å². The molecule has 0 aliphatic heterocycles. The van der Waals surface area contributed by atoms with E-state index in [1.807, 2.05) is 5.48 Å². The summed E-state index contributed by atoms with van der Waals surface area (Å²) in [4.78, 5) is 27.0. The van der Waals surface area contributed by atoms with E-state index in [0.29, 0.717) is 0 Å². The number of nitrogens with zero attached hydrogens (tertiary/aromatic N) is 1. The number of carbonyl (C=O) groups excluding carboxylic acids is 1. The van der Waals surface area contributed by atoms with E-state index in [1.54, 1.807) is 0 Å². The van der Waals surface area contributed by atoms with Crippen LogP contribution in [0.25, 0.3) is 0 Å².